The molecule has 0 aliphatic carbocycles. The molecule has 0 spiro atoms. The summed E-state index contributed by atoms with van der Waals surface area (Å²) >= 11 is 0. The molecule has 0 radical (unpaired) electrons. The van der Waals surface area contributed by atoms with Crippen molar-refractivity contribution in [2.45, 2.75) is 0 Å². The van der Waals surface area contributed by atoms with Gasteiger partial charge in [-0.05, 0) is 12.1 Å². The van der Waals surface area contributed by atoms with Crippen LogP contribution in [0.25, 0.3) is 0 Å². The Morgan fingerprint density at radius 1 is 1.26 bits per heavy atom. The number of carbonyl (C=O) groups is 1. The van der Waals surface area contributed by atoms with E-state index in [4.69, 9.17) is 9.84 Å². The summed E-state index contributed by atoms with van der Waals surface area (Å²) in [6.07, 6.45) is 0. The molecule has 2 rings (SSSR count). The van der Waals surface area contributed by atoms with Gasteiger partial charge in [-0.25, -0.2) is 4.79 Å². The predicted molar refractivity (Wildman–Crippen MR) is 68.3 cm³/mol. The largest absolute Gasteiger partial charge is 0.478 e. The number of ether oxygens (including phenoxy) is 1. The van der Waals surface area contributed by atoms with Crippen molar-refractivity contribution < 1.29 is 23.1 Å². The van der Waals surface area contributed by atoms with Gasteiger partial charge in [-0.1, -0.05) is 12.1 Å². The third kappa shape index (κ3) is 3.22. The van der Waals surface area contributed by atoms with Gasteiger partial charge in [0.1, 0.15) is 0 Å². The van der Waals surface area contributed by atoms with E-state index in [1.165, 1.54) is 22.5 Å². The third-order valence-electron chi connectivity index (χ3n) is 2.71. The standard InChI is InChI=1S/C11H14N2O5S/c14-11(15)9-3-1-2-4-10(9)12-19(16,17)13-5-7-18-8-6-13/h1-4,12H,5-8H2,(H,14,15). The van der Waals surface area contributed by atoms with Gasteiger partial charge in [-0.15, -0.1) is 0 Å². The predicted octanol–water partition coefficient (Wildman–Crippen LogP) is 0.374. The molecular formula is C11H14N2O5S. The first-order valence-electron chi connectivity index (χ1n) is 5.68. The van der Waals surface area contributed by atoms with E-state index in [1.54, 1.807) is 6.07 Å². The van der Waals surface area contributed by atoms with Crippen molar-refractivity contribution in [2.24, 2.45) is 0 Å². The second kappa shape index (κ2) is 5.55. The highest BCUT2D eigenvalue weighted by molar-refractivity contribution is 7.90. The lowest BCUT2D eigenvalue weighted by Gasteiger charge is -2.26. The average Bonchev–Trinajstić information content (AvgIpc) is 2.39. The molecule has 7 nitrogen and oxygen atoms in total. The van der Waals surface area contributed by atoms with Gasteiger partial charge in [0.2, 0.25) is 0 Å². The Kier molecular flexibility index (Phi) is 4.03. The number of benzene rings is 1. The van der Waals surface area contributed by atoms with Crippen LogP contribution in [0.1, 0.15) is 10.4 Å². The van der Waals surface area contributed by atoms with E-state index in [-0.39, 0.29) is 24.3 Å². The summed E-state index contributed by atoms with van der Waals surface area (Å²) in [7, 11) is -3.75. The second-order valence-electron chi connectivity index (χ2n) is 3.97. The fraction of sp³-hybridized carbons (Fsp3) is 0.364. The zero-order valence-electron chi connectivity index (χ0n) is 10.1. The molecular weight excluding hydrogens is 272 g/mol. The first-order chi connectivity index (χ1) is 9.00. The lowest BCUT2D eigenvalue weighted by Crippen LogP contribution is -2.43. The average molecular weight is 286 g/mol. The van der Waals surface area contributed by atoms with Crippen molar-refractivity contribution >= 4 is 21.9 Å². The van der Waals surface area contributed by atoms with E-state index >= 15 is 0 Å². The zero-order chi connectivity index (χ0) is 13.9. The second-order valence-corrected chi connectivity index (χ2v) is 5.64. The third-order valence-corrected chi connectivity index (χ3v) is 4.23. The van der Waals surface area contributed by atoms with E-state index in [9.17, 15) is 13.2 Å². The lowest BCUT2D eigenvalue weighted by molar-refractivity contribution is 0.0697. The SMILES string of the molecule is O=C(O)c1ccccc1NS(=O)(=O)N1CCOCC1. The molecule has 1 aromatic carbocycles. The Morgan fingerprint density at radius 2 is 1.89 bits per heavy atom. The van der Waals surface area contributed by atoms with Crippen LogP contribution in [-0.4, -0.2) is 50.1 Å². The molecule has 2 N–H and O–H groups in total. The molecule has 1 fully saturated rings. The summed E-state index contributed by atoms with van der Waals surface area (Å²) in [4.78, 5) is 11.0. The number of hydrogen-bond acceptors (Lipinski definition) is 4. The summed E-state index contributed by atoms with van der Waals surface area (Å²) in [6, 6.07) is 5.88. The zero-order valence-corrected chi connectivity index (χ0v) is 10.9. The minimum Gasteiger partial charge on any atom is -0.478 e. The van der Waals surface area contributed by atoms with Gasteiger partial charge in [-0.2, -0.15) is 12.7 Å². The molecule has 0 atom stereocenters. The lowest BCUT2D eigenvalue weighted by atomic mass is 10.2. The minimum absolute atomic E-state index is 0.0569. The summed E-state index contributed by atoms with van der Waals surface area (Å²) in [6.45, 7) is 1.18. The molecule has 1 aromatic rings. The highest BCUT2D eigenvalue weighted by Crippen LogP contribution is 2.18. The van der Waals surface area contributed by atoms with E-state index < -0.39 is 16.2 Å². The van der Waals surface area contributed by atoms with E-state index in [1.807, 2.05) is 0 Å². The number of aromatic carboxylic acids is 1. The number of anilines is 1. The molecule has 1 aliphatic rings. The maximum atomic E-state index is 12.1. The number of nitrogens with zero attached hydrogens (tertiary/aromatic N) is 1. The van der Waals surface area contributed by atoms with Crippen molar-refractivity contribution in [2.75, 3.05) is 31.0 Å². The maximum absolute atomic E-state index is 12.1. The van der Waals surface area contributed by atoms with Gasteiger partial charge in [0.05, 0.1) is 24.5 Å². The fourth-order valence-electron chi connectivity index (χ4n) is 1.75. The van der Waals surface area contributed by atoms with Crippen LogP contribution in [0.3, 0.4) is 0 Å². The monoisotopic (exact) mass is 286 g/mol. The Labute approximate surface area is 111 Å². The number of nitrogens with one attached hydrogen (secondary N) is 1. The van der Waals surface area contributed by atoms with Gasteiger partial charge in [0.25, 0.3) is 0 Å². The summed E-state index contributed by atoms with van der Waals surface area (Å²) in [5, 5.41) is 9.00. The maximum Gasteiger partial charge on any atom is 0.337 e. The van der Waals surface area contributed by atoms with Crippen molar-refractivity contribution in [1.82, 2.24) is 4.31 Å². The number of carboxylic acids is 1. The first kappa shape index (κ1) is 13.8. The van der Waals surface area contributed by atoms with Crippen LogP contribution in [0.15, 0.2) is 24.3 Å². The summed E-state index contributed by atoms with van der Waals surface area (Å²) in [5.41, 5.74) is -0.0270. The Hall–Kier alpha value is -1.64. The smallest absolute Gasteiger partial charge is 0.337 e. The molecule has 19 heavy (non-hydrogen) atoms. The number of carboxylic acid groups (broad SMARTS) is 1. The van der Waals surface area contributed by atoms with Crippen molar-refractivity contribution in [3.05, 3.63) is 29.8 Å². The highest BCUT2D eigenvalue weighted by Gasteiger charge is 2.25. The van der Waals surface area contributed by atoms with Crippen LogP contribution >= 0.6 is 0 Å². The van der Waals surface area contributed by atoms with Crippen LogP contribution < -0.4 is 4.72 Å². The molecule has 1 heterocycles. The number of rotatable bonds is 4. The number of para-hydroxylation sites is 1. The fourth-order valence-corrected chi connectivity index (χ4v) is 2.96. The molecule has 0 saturated carbocycles. The van der Waals surface area contributed by atoms with Crippen LogP contribution in [0, 0.1) is 0 Å². The molecule has 0 bridgehead atoms. The molecule has 104 valence electrons. The number of hydrogen-bond donors (Lipinski definition) is 2. The molecule has 0 unspecified atom stereocenters. The van der Waals surface area contributed by atoms with Crippen LogP contribution in [0.2, 0.25) is 0 Å². The van der Waals surface area contributed by atoms with E-state index in [2.05, 4.69) is 4.72 Å². The molecule has 1 aliphatic heterocycles. The van der Waals surface area contributed by atoms with Crippen LogP contribution in [0.4, 0.5) is 5.69 Å². The molecule has 8 heteroatoms. The van der Waals surface area contributed by atoms with Crippen LogP contribution in [0.5, 0.6) is 0 Å². The Morgan fingerprint density at radius 3 is 2.53 bits per heavy atom. The topological polar surface area (TPSA) is 95.9 Å². The quantitative estimate of drug-likeness (QED) is 0.834. The Bertz CT molecular complexity index is 566. The van der Waals surface area contributed by atoms with Gasteiger partial charge in [-0.3, -0.25) is 4.72 Å². The van der Waals surface area contributed by atoms with Gasteiger partial charge < -0.3 is 9.84 Å². The summed E-state index contributed by atoms with van der Waals surface area (Å²) in [5.74, 6) is -1.18. The van der Waals surface area contributed by atoms with E-state index in [0.29, 0.717) is 13.2 Å². The van der Waals surface area contributed by atoms with E-state index in [0.717, 1.165) is 0 Å². The number of morpholine rings is 1. The highest BCUT2D eigenvalue weighted by atomic mass is 32.2. The van der Waals surface area contributed by atoms with Crippen molar-refractivity contribution in [1.29, 1.82) is 0 Å². The van der Waals surface area contributed by atoms with Gasteiger partial charge >= 0.3 is 16.2 Å². The molecule has 1 saturated heterocycles. The van der Waals surface area contributed by atoms with Crippen molar-refractivity contribution in [3.63, 3.8) is 0 Å². The normalized spacial score (nSPS) is 17.1. The molecule has 0 aromatic heterocycles. The molecule has 0 amide bonds. The van der Waals surface area contributed by atoms with Gasteiger partial charge in [0.15, 0.2) is 0 Å². The van der Waals surface area contributed by atoms with Crippen molar-refractivity contribution in [3.8, 4) is 0 Å². The Balaban J connectivity index is 2.22. The van der Waals surface area contributed by atoms with Crippen LogP contribution in [-0.2, 0) is 14.9 Å². The van der Waals surface area contributed by atoms with Gasteiger partial charge in [0, 0.05) is 13.1 Å². The summed E-state index contributed by atoms with van der Waals surface area (Å²) < 4.78 is 32.8. The first-order valence-corrected chi connectivity index (χ1v) is 7.12. The minimum atomic E-state index is -3.75.